The van der Waals surface area contributed by atoms with E-state index in [0.717, 1.165) is 44.5 Å². The number of hydrogen-bond donors (Lipinski definition) is 1. The third kappa shape index (κ3) is 4.86. The molecule has 1 amide bonds. The van der Waals surface area contributed by atoms with Gasteiger partial charge in [-0.05, 0) is 44.4 Å². The van der Waals surface area contributed by atoms with Gasteiger partial charge in [-0.15, -0.1) is 0 Å². The monoisotopic (exact) mass is 330 g/mol. The first kappa shape index (κ1) is 17.6. The van der Waals surface area contributed by atoms with Gasteiger partial charge in [-0.25, -0.2) is 0 Å². The van der Waals surface area contributed by atoms with Crippen LogP contribution in [0.3, 0.4) is 0 Å². The summed E-state index contributed by atoms with van der Waals surface area (Å²) in [5, 5.41) is 2.55. The van der Waals surface area contributed by atoms with Crippen LogP contribution in [0.4, 0.5) is 24.5 Å². The van der Waals surface area contributed by atoms with Crippen LogP contribution in [0.5, 0.6) is 0 Å². The zero-order chi connectivity index (χ0) is 16.9. The lowest BCUT2D eigenvalue weighted by atomic mass is 10.1. The van der Waals surface area contributed by atoms with E-state index < -0.39 is 17.6 Å². The Hall–Kier alpha value is -1.76. The average molecular weight is 330 g/mol. The third-order valence-corrected chi connectivity index (χ3v) is 3.73. The lowest BCUT2D eigenvalue weighted by molar-refractivity contribution is -0.137. The van der Waals surface area contributed by atoms with Crippen LogP contribution in [0.2, 0.25) is 0 Å². The Morgan fingerprint density at radius 2 is 1.96 bits per heavy atom. The van der Waals surface area contributed by atoms with E-state index in [0.29, 0.717) is 12.3 Å². The molecule has 1 heterocycles. The number of benzene rings is 1. The number of rotatable bonds is 5. The number of nitrogens with one attached hydrogen (secondary N) is 1. The lowest BCUT2D eigenvalue weighted by Gasteiger charge is -2.31. The molecule has 0 saturated carbocycles. The number of carbonyl (C=O) groups is 1. The van der Waals surface area contributed by atoms with Gasteiger partial charge in [0, 0.05) is 19.7 Å². The average Bonchev–Trinajstić information content (AvgIpc) is 2.53. The van der Waals surface area contributed by atoms with E-state index in [2.05, 4.69) is 5.32 Å². The number of halogens is 3. The van der Waals surface area contributed by atoms with Crippen molar-refractivity contribution in [1.82, 2.24) is 0 Å². The van der Waals surface area contributed by atoms with Crippen LogP contribution in [0.25, 0.3) is 0 Å². The van der Waals surface area contributed by atoms with E-state index in [1.807, 2.05) is 4.90 Å². The number of nitrogens with zero attached hydrogens (tertiary/aromatic N) is 1. The molecule has 1 aliphatic rings. The summed E-state index contributed by atoms with van der Waals surface area (Å²) in [7, 11) is 0. The molecule has 1 fully saturated rings. The maximum absolute atomic E-state index is 12.9. The van der Waals surface area contributed by atoms with Crippen molar-refractivity contribution in [2.45, 2.75) is 32.4 Å². The predicted molar refractivity (Wildman–Crippen MR) is 82.6 cm³/mol. The van der Waals surface area contributed by atoms with Crippen LogP contribution in [-0.2, 0) is 15.7 Å². The summed E-state index contributed by atoms with van der Waals surface area (Å²) in [6.45, 7) is 3.50. The first-order valence-corrected chi connectivity index (χ1v) is 7.75. The molecule has 1 aromatic carbocycles. The molecule has 1 saturated heterocycles. The molecule has 1 N–H and O–H groups in total. The van der Waals surface area contributed by atoms with Crippen molar-refractivity contribution in [3.05, 3.63) is 23.8 Å². The van der Waals surface area contributed by atoms with Crippen molar-refractivity contribution >= 4 is 17.3 Å². The number of amides is 1. The standard InChI is InChI=1S/C16H21F3N2O2/c1-2-23-11-15(22)20-13-10-12(16(17,18)19)6-7-14(13)21-8-4-3-5-9-21/h6-7,10H,2-5,8-9,11H2,1H3,(H,20,22). The molecule has 4 nitrogen and oxygen atoms in total. The van der Waals surface area contributed by atoms with Crippen LogP contribution in [0.1, 0.15) is 31.7 Å². The predicted octanol–water partition coefficient (Wildman–Crippen LogP) is 3.67. The third-order valence-electron chi connectivity index (χ3n) is 3.73. The van der Waals surface area contributed by atoms with E-state index >= 15 is 0 Å². The van der Waals surface area contributed by atoms with Gasteiger partial charge in [-0.2, -0.15) is 13.2 Å². The van der Waals surface area contributed by atoms with Crippen LogP contribution >= 0.6 is 0 Å². The fraction of sp³-hybridized carbons (Fsp3) is 0.562. The summed E-state index contributed by atoms with van der Waals surface area (Å²) >= 11 is 0. The SMILES string of the molecule is CCOCC(=O)Nc1cc(C(F)(F)F)ccc1N1CCCCC1. The molecule has 0 bridgehead atoms. The molecule has 0 spiro atoms. The van der Waals surface area contributed by atoms with Crippen molar-refractivity contribution in [2.75, 3.05) is 36.5 Å². The quantitative estimate of drug-likeness (QED) is 0.896. The molecule has 7 heteroatoms. The van der Waals surface area contributed by atoms with Crippen molar-refractivity contribution in [2.24, 2.45) is 0 Å². The van der Waals surface area contributed by atoms with Gasteiger partial charge in [0.1, 0.15) is 6.61 Å². The number of hydrogen-bond acceptors (Lipinski definition) is 3. The molecular formula is C16H21F3N2O2. The minimum atomic E-state index is -4.44. The highest BCUT2D eigenvalue weighted by molar-refractivity contribution is 5.95. The van der Waals surface area contributed by atoms with Gasteiger partial charge in [-0.3, -0.25) is 4.79 Å². The van der Waals surface area contributed by atoms with Crippen LogP contribution in [0, 0.1) is 0 Å². The minimum Gasteiger partial charge on any atom is -0.372 e. The minimum absolute atomic E-state index is 0.174. The zero-order valence-electron chi connectivity index (χ0n) is 13.1. The highest BCUT2D eigenvalue weighted by Crippen LogP contribution is 2.36. The molecular weight excluding hydrogens is 309 g/mol. The van der Waals surface area contributed by atoms with E-state index in [1.165, 1.54) is 6.07 Å². The van der Waals surface area contributed by atoms with Gasteiger partial charge in [0.15, 0.2) is 0 Å². The second-order valence-electron chi connectivity index (χ2n) is 5.46. The molecule has 1 aliphatic heterocycles. The Morgan fingerprint density at radius 3 is 2.57 bits per heavy atom. The van der Waals surface area contributed by atoms with Gasteiger partial charge < -0.3 is 15.0 Å². The lowest BCUT2D eigenvalue weighted by Crippen LogP contribution is -2.31. The molecule has 0 aliphatic carbocycles. The number of alkyl halides is 3. The first-order chi connectivity index (χ1) is 10.9. The number of anilines is 2. The Balaban J connectivity index is 2.27. The van der Waals surface area contributed by atoms with Crippen molar-refractivity contribution in [3.8, 4) is 0 Å². The molecule has 128 valence electrons. The maximum Gasteiger partial charge on any atom is 0.416 e. The summed E-state index contributed by atoms with van der Waals surface area (Å²) in [6.07, 6.45) is -1.34. The number of piperidine rings is 1. The Morgan fingerprint density at radius 1 is 1.26 bits per heavy atom. The molecule has 0 unspecified atom stereocenters. The highest BCUT2D eigenvalue weighted by atomic mass is 19.4. The van der Waals surface area contributed by atoms with E-state index in [-0.39, 0.29) is 12.3 Å². The van der Waals surface area contributed by atoms with Crippen LogP contribution in [-0.4, -0.2) is 32.2 Å². The maximum atomic E-state index is 12.9. The Labute approximate surface area is 133 Å². The van der Waals surface area contributed by atoms with Gasteiger partial charge in [0.2, 0.25) is 5.91 Å². The largest absolute Gasteiger partial charge is 0.416 e. The molecule has 0 aromatic heterocycles. The van der Waals surface area contributed by atoms with Crippen molar-refractivity contribution < 1.29 is 22.7 Å². The van der Waals surface area contributed by atoms with Crippen molar-refractivity contribution in [1.29, 1.82) is 0 Å². The topological polar surface area (TPSA) is 41.6 Å². The molecule has 0 radical (unpaired) electrons. The van der Waals surface area contributed by atoms with E-state index in [4.69, 9.17) is 4.74 Å². The first-order valence-electron chi connectivity index (χ1n) is 7.75. The highest BCUT2D eigenvalue weighted by Gasteiger charge is 2.31. The Bertz CT molecular complexity index is 541. The smallest absolute Gasteiger partial charge is 0.372 e. The fourth-order valence-electron chi connectivity index (χ4n) is 2.60. The van der Waals surface area contributed by atoms with Gasteiger partial charge in [0.05, 0.1) is 16.9 Å². The zero-order valence-corrected chi connectivity index (χ0v) is 13.1. The summed E-state index contributed by atoms with van der Waals surface area (Å²) in [5.41, 5.74) is 0.0407. The van der Waals surface area contributed by atoms with Gasteiger partial charge >= 0.3 is 6.18 Å². The second kappa shape index (κ2) is 7.68. The molecule has 23 heavy (non-hydrogen) atoms. The van der Waals surface area contributed by atoms with Gasteiger partial charge in [0.25, 0.3) is 0 Å². The van der Waals surface area contributed by atoms with Crippen LogP contribution in [0.15, 0.2) is 18.2 Å². The molecule has 2 rings (SSSR count). The summed E-state index contributed by atoms with van der Waals surface area (Å²) < 4.78 is 43.8. The van der Waals surface area contributed by atoms with Crippen LogP contribution < -0.4 is 10.2 Å². The van der Waals surface area contributed by atoms with Gasteiger partial charge in [-0.1, -0.05) is 0 Å². The normalized spacial score (nSPS) is 15.6. The molecule has 0 atom stereocenters. The second-order valence-corrected chi connectivity index (χ2v) is 5.46. The van der Waals surface area contributed by atoms with E-state index in [9.17, 15) is 18.0 Å². The molecule has 1 aromatic rings. The van der Waals surface area contributed by atoms with E-state index in [1.54, 1.807) is 6.92 Å². The fourth-order valence-corrected chi connectivity index (χ4v) is 2.60. The number of ether oxygens (including phenoxy) is 1. The van der Waals surface area contributed by atoms with Crippen molar-refractivity contribution in [3.63, 3.8) is 0 Å². The summed E-state index contributed by atoms with van der Waals surface area (Å²) in [6, 6.07) is 3.49. The Kier molecular flexibility index (Phi) is 5.87. The number of carbonyl (C=O) groups excluding carboxylic acids is 1. The summed E-state index contributed by atoms with van der Waals surface area (Å²) in [5.74, 6) is -0.454. The summed E-state index contributed by atoms with van der Waals surface area (Å²) in [4.78, 5) is 13.8.